The summed E-state index contributed by atoms with van der Waals surface area (Å²) in [7, 11) is 0. The van der Waals surface area contributed by atoms with Gasteiger partial charge in [-0.1, -0.05) is 112 Å². The molecule has 4 aliphatic rings. The predicted octanol–water partition coefficient (Wildman–Crippen LogP) is 13.5. The fraction of sp³-hybridized carbons (Fsp3) is 0.321. The maximum Gasteiger partial charge on any atom is 0.149 e. The Labute approximate surface area is 358 Å². The molecule has 3 aliphatic carbocycles. The summed E-state index contributed by atoms with van der Waals surface area (Å²) in [6.45, 7) is 9.01. The zero-order valence-corrected chi connectivity index (χ0v) is 36.1. The molecule has 2 saturated carbocycles. The monoisotopic (exact) mass is 940 g/mol. The molecule has 58 heavy (non-hydrogen) atoms. The summed E-state index contributed by atoms with van der Waals surface area (Å²) in [5, 5.41) is 12.0. The van der Waals surface area contributed by atoms with Crippen LogP contribution in [-0.2, 0) is 31.9 Å². The number of pyridine rings is 1. The van der Waals surface area contributed by atoms with Gasteiger partial charge in [-0.15, -0.1) is 29.8 Å². The molecule has 1 atom stereocenters. The third-order valence-corrected chi connectivity index (χ3v) is 14.3. The first-order valence-corrected chi connectivity index (χ1v) is 21.1. The maximum atomic E-state index is 12.0. The van der Waals surface area contributed by atoms with Gasteiger partial charge in [-0.2, -0.15) is 0 Å². The molecule has 1 N–H and O–H groups in total. The van der Waals surface area contributed by atoms with E-state index >= 15 is 0 Å². The summed E-state index contributed by atoms with van der Waals surface area (Å²) in [6, 6.07) is 40.2. The molecule has 11 rings (SSSR count). The Morgan fingerprint density at radius 3 is 2.34 bits per heavy atom. The van der Waals surface area contributed by atoms with E-state index in [0.29, 0.717) is 5.41 Å². The Morgan fingerprint density at radius 1 is 0.776 bits per heavy atom. The molecule has 1 unspecified atom stereocenters. The molecule has 5 heteroatoms. The second kappa shape index (κ2) is 13.6. The first kappa shape index (κ1) is 36.3. The fourth-order valence-electron chi connectivity index (χ4n) is 11.2. The van der Waals surface area contributed by atoms with Crippen LogP contribution >= 0.6 is 0 Å². The molecule has 4 nitrogen and oxygen atoms in total. The number of benzene rings is 5. The molecular weight excluding hydrogens is 890 g/mol. The van der Waals surface area contributed by atoms with E-state index in [1.165, 1.54) is 48.8 Å². The van der Waals surface area contributed by atoms with E-state index in [4.69, 9.17) is 9.97 Å². The molecule has 0 saturated heterocycles. The summed E-state index contributed by atoms with van der Waals surface area (Å²) in [6.07, 6.45) is 12.7. The van der Waals surface area contributed by atoms with Gasteiger partial charge in [0.15, 0.2) is 0 Å². The summed E-state index contributed by atoms with van der Waals surface area (Å²) in [5.41, 5.74) is 15.4. The molecule has 1 aliphatic heterocycles. The van der Waals surface area contributed by atoms with Gasteiger partial charge in [0.2, 0.25) is 0 Å². The summed E-state index contributed by atoms with van der Waals surface area (Å²) in [5.74, 6) is 0.317. The van der Waals surface area contributed by atoms with Gasteiger partial charge >= 0.3 is 0 Å². The molecule has 0 bridgehead atoms. The van der Waals surface area contributed by atoms with E-state index in [1.807, 2.05) is 12.3 Å². The summed E-state index contributed by atoms with van der Waals surface area (Å²) in [4.78, 5) is 10.3. The fourth-order valence-corrected chi connectivity index (χ4v) is 11.2. The summed E-state index contributed by atoms with van der Waals surface area (Å²) < 4.78 is 12.4. The van der Waals surface area contributed by atoms with Crippen molar-refractivity contribution >= 4 is 11.0 Å². The van der Waals surface area contributed by atoms with Gasteiger partial charge in [-0.05, 0) is 125 Å². The van der Waals surface area contributed by atoms with Gasteiger partial charge in [0.05, 0.1) is 22.3 Å². The maximum absolute atomic E-state index is 12.0. The standard InChI is InChI=1S/C53H50N3O.Pt/c1-51(2,3)37-24-29-54-43(32-37)36-13-10-12-35(30-36)38-15-11-17-45-49(38)55-50-47-46(57)21-19-40-39-14-6-7-16-41(39)52(4,48(40)47)42-31-34(18-20-44(42)56(45)50)33-22-27-53(28-23-33)25-8-5-9-26-53;/h6-7,10-21,24,29,31-33,57H,5,8-9,22-23,25-28H2,1-4H3;/q-1;/i33D;. The molecular formula is C53H50N3OPt-. The average Bonchev–Trinajstić information content (AvgIpc) is 3.72. The zero-order chi connectivity index (χ0) is 39.6. The van der Waals surface area contributed by atoms with Gasteiger partial charge in [-0.25, -0.2) is 4.98 Å². The first-order chi connectivity index (χ1) is 28.0. The molecule has 5 aromatic carbocycles. The minimum Gasteiger partial charge on any atom is -0.507 e. The van der Waals surface area contributed by atoms with Crippen LogP contribution in [0, 0.1) is 11.5 Å². The zero-order valence-electron chi connectivity index (χ0n) is 34.9. The molecule has 7 aromatic rings. The number of fused-ring (bicyclic) bond motifs is 10. The van der Waals surface area contributed by atoms with Crippen LogP contribution in [-0.4, -0.2) is 19.6 Å². The minimum atomic E-state index is -0.641. The number of rotatable bonds is 3. The van der Waals surface area contributed by atoms with Crippen LogP contribution < -0.4 is 0 Å². The predicted molar refractivity (Wildman–Crippen MR) is 232 cm³/mol. The number of phenols is 1. The van der Waals surface area contributed by atoms with Gasteiger partial charge < -0.3 is 5.11 Å². The first-order valence-electron chi connectivity index (χ1n) is 21.6. The number of aromatic hydroxyl groups is 1. The Kier molecular flexibility index (Phi) is 8.53. The average molecular weight is 941 g/mol. The van der Waals surface area contributed by atoms with Crippen molar-refractivity contribution in [3.63, 3.8) is 0 Å². The SMILES string of the molecule is [2H]C1(c2ccc3c(c2)C2(C)c4ccccc4-c4ccc(O)c(c42)-c2nc4c(-c5[c-]c(-c6cc(C(C)(C)C)ccn6)ccc5)cccc4n2-3)CCC2(CCCCC2)CC1.[Pt]. The van der Waals surface area contributed by atoms with Crippen LogP contribution in [0.3, 0.4) is 0 Å². The molecule has 0 amide bonds. The van der Waals surface area contributed by atoms with Gasteiger partial charge in [0, 0.05) is 39.7 Å². The van der Waals surface area contributed by atoms with Crippen LogP contribution in [0.15, 0.2) is 109 Å². The van der Waals surface area contributed by atoms with Gasteiger partial charge in [0.25, 0.3) is 0 Å². The smallest absolute Gasteiger partial charge is 0.149 e. The van der Waals surface area contributed by atoms with Crippen molar-refractivity contribution in [1.82, 2.24) is 14.5 Å². The number of phenolic OH excluding ortho intramolecular Hbond substituents is 1. The van der Waals surface area contributed by atoms with Gasteiger partial charge in [0.1, 0.15) is 11.6 Å². The second-order valence-electron chi connectivity index (χ2n) is 18.6. The molecule has 0 radical (unpaired) electrons. The van der Waals surface area contributed by atoms with E-state index in [-0.39, 0.29) is 32.2 Å². The quantitative estimate of drug-likeness (QED) is 0.180. The third-order valence-electron chi connectivity index (χ3n) is 14.3. The van der Waals surface area contributed by atoms with E-state index in [9.17, 15) is 6.48 Å². The number of imidazole rings is 1. The molecule has 2 aromatic heterocycles. The largest absolute Gasteiger partial charge is 0.507 e. The molecule has 2 fully saturated rings. The topological polar surface area (TPSA) is 50.9 Å². The van der Waals surface area contributed by atoms with Crippen molar-refractivity contribution in [3.05, 3.63) is 143 Å². The Morgan fingerprint density at radius 2 is 1.53 bits per heavy atom. The van der Waals surface area contributed by atoms with E-state index in [2.05, 4.69) is 135 Å². The van der Waals surface area contributed by atoms with Crippen LogP contribution in [0.5, 0.6) is 5.75 Å². The van der Waals surface area contributed by atoms with Crippen molar-refractivity contribution in [2.75, 3.05) is 0 Å². The van der Waals surface area contributed by atoms with Crippen molar-refractivity contribution in [3.8, 4) is 56.3 Å². The van der Waals surface area contributed by atoms with Crippen molar-refractivity contribution in [2.24, 2.45) is 5.41 Å². The minimum absolute atomic E-state index is 0. The van der Waals surface area contributed by atoms with Gasteiger partial charge in [-0.3, -0.25) is 9.55 Å². The van der Waals surface area contributed by atoms with Crippen LogP contribution in [0.2, 0.25) is 0 Å². The number of nitrogens with zero attached hydrogens (tertiary/aromatic N) is 3. The van der Waals surface area contributed by atoms with Crippen molar-refractivity contribution in [1.29, 1.82) is 0 Å². The van der Waals surface area contributed by atoms with Crippen LogP contribution in [0.1, 0.15) is 121 Å². The molecule has 3 heterocycles. The number of hydrogen-bond acceptors (Lipinski definition) is 3. The van der Waals surface area contributed by atoms with Crippen molar-refractivity contribution in [2.45, 2.75) is 102 Å². The second-order valence-corrected chi connectivity index (χ2v) is 18.6. The van der Waals surface area contributed by atoms with Crippen molar-refractivity contribution < 1.29 is 27.5 Å². The van der Waals surface area contributed by atoms with Crippen LogP contribution in [0.25, 0.3) is 61.6 Å². The van der Waals surface area contributed by atoms with E-state index in [1.54, 1.807) is 0 Å². The molecule has 1 spiro atoms. The number of para-hydroxylation sites is 1. The van der Waals surface area contributed by atoms with E-state index in [0.717, 1.165) is 98.4 Å². The Hall–Kier alpha value is -4.79. The third kappa shape index (κ3) is 5.57. The van der Waals surface area contributed by atoms with E-state index < -0.39 is 11.3 Å². The Balaban J connectivity index is 0.00000420. The normalized spacial score (nSPS) is 20.0. The Bertz CT molecular complexity index is 2820. The summed E-state index contributed by atoms with van der Waals surface area (Å²) >= 11 is 0. The van der Waals surface area contributed by atoms with Crippen LogP contribution in [0.4, 0.5) is 0 Å². The number of hydrogen-bond donors (Lipinski definition) is 1. The number of aromatic nitrogens is 3. The molecule has 294 valence electrons.